The fourth-order valence-electron chi connectivity index (χ4n) is 3.26. The average molecular weight is 392 g/mol. The molecule has 3 aromatic rings. The number of ketones is 1. The number of esters is 1. The number of carbonyl (C=O) groups is 2. The van der Waals surface area contributed by atoms with E-state index in [0.29, 0.717) is 27.9 Å². The summed E-state index contributed by atoms with van der Waals surface area (Å²) in [4.78, 5) is 34.4. The molecule has 0 saturated heterocycles. The van der Waals surface area contributed by atoms with E-state index in [1.165, 1.54) is 13.8 Å². The van der Waals surface area contributed by atoms with Gasteiger partial charge < -0.3 is 19.8 Å². The van der Waals surface area contributed by atoms with Crippen LogP contribution in [0.15, 0.2) is 30.0 Å². The fraction of sp³-hybridized carbons (Fsp3) is 0.238. The molecule has 0 aliphatic rings. The van der Waals surface area contributed by atoms with Crippen molar-refractivity contribution in [3.63, 3.8) is 0 Å². The number of aryl methyl sites for hydroxylation is 1. The molecule has 0 aliphatic carbocycles. The molecule has 0 radical (unpaired) electrons. The van der Waals surface area contributed by atoms with Gasteiger partial charge in [-0.25, -0.2) is 9.78 Å². The number of aliphatic hydroxyl groups excluding tert-OH is 1. The van der Waals surface area contributed by atoms with E-state index in [0.717, 1.165) is 0 Å². The van der Waals surface area contributed by atoms with E-state index in [1.54, 1.807) is 26.0 Å². The smallest absolute Gasteiger partial charge is 0.355 e. The Labute approximate surface area is 166 Å². The minimum atomic E-state index is -1.10. The number of aromatic nitrogens is 3. The highest BCUT2D eigenvalue weighted by atomic mass is 16.6. The van der Waals surface area contributed by atoms with Crippen molar-refractivity contribution in [2.45, 2.75) is 33.8 Å². The summed E-state index contributed by atoms with van der Waals surface area (Å²) in [6.07, 6.45) is -1.10. The third-order valence-electron chi connectivity index (χ3n) is 4.66. The lowest BCUT2D eigenvalue weighted by Crippen LogP contribution is -2.19. The third-order valence-corrected chi connectivity index (χ3v) is 4.66. The van der Waals surface area contributed by atoms with Gasteiger partial charge in [-0.15, -0.1) is 0 Å². The lowest BCUT2D eigenvalue weighted by atomic mass is 10.1. The Balaban J connectivity index is 1.89. The minimum Gasteiger partial charge on any atom is -0.507 e. The summed E-state index contributed by atoms with van der Waals surface area (Å²) < 4.78 is 5.32. The van der Waals surface area contributed by atoms with Gasteiger partial charge in [0.15, 0.2) is 23.5 Å². The van der Waals surface area contributed by atoms with Gasteiger partial charge in [0, 0.05) is 11.3 Å². The molecule has 2 aromatic heterocycles. The fourth-order valence-corrected chi connectivity index (χ4v) is 3.26. The SMILES string of the molecule is CC(=O)c1c(C)[nH]c(C(=O)O[C@H](C)/C(O)=C(\C#N)c2nc3ccccc3[nH]2)c1C. The van der Waals surface area contributed by atoms with Crippen LogP contribution < -0.4 is 0 Å². The molecule has 0 saturated carbocycles. The van der Waals surface area contributed by atoms with Crippen molar-refractivity contribution in [1.82, 2.24) is 15.0 Å². The Morgan fingerprint density at radius 1 is 1.24 bits per heavy atom. The summed E-state index contributed by atoms with van der Waals surface area (Å²) in [5.74, 6) is -1.14. The van der Waals surface area contributed by atoms with Gasteiger partial charge in [0.05, 0.1) is 11.0 Å². The predicted molar refractivity (Wildman–Crippen MR) is 106 cm³/mol. The number of H-pyrrole nitrogens is 2. The van der Waals surface area contributed by atoms with E-state index in [-0.39, 0.29) is 22.9 Å². The molecule has 0 unspecified atom stereocenters. The summed E-state index contributed by atoms with van der Waals surface area (Å²) >= 11 is 0. The van der Waals surface area contributed by atoms with Gasteiger partial charge in [-0.3, -0.25) is 4.79 Å². The van der Waals surface area contributed by atoms with Crippen LogP contribution >= 0.6 is 0 Å². The number of fused-ring (bicyclic) bond motifs is 1. The molecule has 3 rings (SSSR count). The lowest BCUT2D eigenvalue weighted by molar-refractivity contribution is 0.0327. The van der Waals surface area contributed by atoms with E-state index in [2.05, 4.69) is 15.0 Å². The van der Waals surface area contributed by atoms with Gasteiger partial charge in [-0.1, -0.05) is 12.1 Å². The third kappa shape index (κ3) is 3.62. The number of nitrogens with zero attached hydrogens (tertiary/aromatic N) is 2. The Hall–Kier alpha value is -3.86. The number of Topliss-reactive ketones (excluding diaryl/α,β-unsaturated/α-hetero) is 1. The number of benzene rings is 1. The predicted octanol–water partition coefficient (Wildman–Crippen LogP) is 3.75. The summed E-state index contributed by atoms with van der Waals surface area (Å²) in [5.41, 5.74) is 2.84. The minimum absolute atomic E-state index is 0.120. The zero-order chi connectivity index (χ0) is 21.3. The van der Waals surface area contributed by atoms with Gasteiger partial charge >= 0.3 is 5.97 Å². The first kappa shape index (κ1) is 19.9. The first-order valence-electron chi connectivity index (χ1n) is 8.94. The van der Waals surface area contributed by atoms with Crippen molar-refractivity contribution in [2.75, 3.05) is 0 Å². The molecule has 0 spiro atoms. The molecule has 8 nitrogen and oxygen atoms in total. The van der Waals surface area contributed by atoms with Crippen LogP contribution in [0.5, 0.6) is 0 Å². The van der Waals surface area contributed by atoms with Gasteiger partial charge in [-0.05, 0) is 45.4 Å². The van der Waals surface area contributed by atoms with Crippen LogP contribution in [0.1, 0.15) is 51.8 Å². The van der Waals surface area contributed by atoms with Crippen LogP contribution in [0.3, 0.4) is 0 Å². The van der Waals surface area contributed by atoms with E-state index in [9.17, 15) is 20.0 Å². The molecule has 1 aromatic carbocycles. The van der Waals surface area contributed by atoms with E-state index in [4.69, 9.17) is 4.74 Å². The summed E-state index contributed by atoms with van der Waals surface area (Å²) in [7, 11) is 0. The molecule has 1 atom stereocenters. The molecule has 0 aliphatic heterocycles. The van der Waals surface area contributed by atoms with Crippen molar-refractivity contribution >= 4 is 28.4 Å². The number of ether oxygens (including phenoxy) is 1. The maximum Gasteiger partial charge on any atom is 0.355 e. The van der Waals surface area contributed by atoms with Crippen molar-refractivity contribution in [3.05, 3.63) is 58.4 Å². The standard InChI is InChI=1S/C21H20N4O4/c1-10-17(12(3)26)11(2)23-18(10)21(28)29-13(4)19(27)14(9-22)20-24-15-7-5-6-8-16(15)25-20/h5-8,13,23,27H,1-4H3,(H,24,25)/b19-14-/t13-/m1/s1. The Morgan fingerprint density at radius 3 is 2.52 bits per heavy atom. The van der Waals surface area contributed by atoms with Gasteiger partial charge in [0.1, 0.15) is 17.3 Å². The highest BCUT2D eigenvalue weighted by molar-refractivity contribution is 6.01. The number of hydrogen-bond acceptors (Lipinski definition) is 6. The van der Waals surface area contributed by atoms with Crippen LogP contribution in [-0.4, -0.2) is 37.9 Å². The van der Waals surface area contributed by atoms with Crippen LogP contribution in [0.2, 0.25) is 0 Å². The largest absolute Gasteiger partial charge is 0.507 e. The molecule has 2 heterocycles. The number of para-hydroxylation sites is 2. The quantitative estimate of drug-likeness (QED) is 0.262. The Bertz CT molecular complexity index is 1160. The zero-order valence-electron chi connectivity index (χ0n) is 16.5. The Kier molecular flexibility index (Phi) is 5.24. The number of imidazole rings is 1. The van der Waals surface area contributed by atoms with Crippen LogP contribution in [0.4, 0.5) is 0 Å². The van der Waals surface area contributed by atoms with Gasteiger partial charge in [0.25, 0.3) is 0 Å². The Morgan fingerprint density at radius 2 is 1.93 bits per heavy atom. The molecule has 0 bridgehead atoms. The van der Waals surface area contributed by atoms with Crippen molar-refractivity contribution in [1.29, 1.82) is 5.26 Å². The second kappa shape index (κ2) is 7.64. The van der Waals surface area contributed by atoms with Crippen molar-refractivity contribution in [2.24, 2.45) is 0 Å². The number of hydrogen-bond donors (Lipinski definition) is 3. The highest BCUT2D eigenvalue weighted by Crippen LogP contribution is 2.23. The maximum absolute atomic E-state index is 12.6. The highest BCUT2D eigenvalue weighted by Gasteiger charge is 2.25. The van der Waals surface area contributed by atoms with Crippen LogP contribution in [-0.2, 0) is 4.74 Å². The van der Waals surface area contributed by atoms with Crippen molar-refractivity contribution < 1.29 is 19.4 Å². The molecule has 29 heavy (non-hydrogen) atoms. The van der Waals surface area contributed by atoms with Crippen molar-refractivity contribution in [3.8, 4) is 6.07 Å². The number of rotatable bonds is 5. The number of allylic oxidation sites excluding steroid dienone is 1. The lowest BCUT2D eigenvalue weighted by Gasteiger charge is -2.13. The normalized spacial score (nSPS) is 12.9. The summed E-state index contributed by atoms with van der Waals surface area (Å²) in [6, 6.07) is 9.10. The second-order valence-electron chi connectivity index (χ2n) is 6.70. The number of aliphatic hydroxyl groups is 1. The molecule has 0 fully saturated rings. The first-order chi connectivity index (χ1) is 13.7. The van der Waals surface area contributed by atoms with Gasteiger partial charge in [-0.2, -0.15) is 5.26 Å². The number of carbonyl (C=O) groups excluding carboxylic acids is 2. The number of nitrogens with one attached hydrogen (secondary N) is 2. The van der Waals surface area contributed by atoms with E-state index >= 15 is 0 Å². The topological polar surface area (TPSA) is 132 Å². The van der Waals surface area contributed by atoms with E-state index in [1.807, 2.05) is 18.2 Å². The zero-order valence-corrected chi connectivity index (χ0v) is 16.5. The number of aromatic amines is 2. The molecule has 0 amide bonds. The molecular weight excluding hydrogens is 372 g/mol. The maximum atomic E-state index is 12.6. The van der Waals surface area contributed by atoms with E-state index < -0.39 is 17.8 Å². The molecule has 3 N–H and O–H groups in total. The summed E-state index contributed by atoms with van der Waals surface area (Å²) in [5, 5.41) is 20.0. The molecular formula is C21H20N4O4. The monoisotopic (exact) mass is 392 g/mol. The van der Waals surface area contributed by atoms with Gasteiger partial charge in [0.2, 0.25) is 0 Å². The molecule has 8 heteroatoms. The van der Waals surface area contributed by atoms with Crippen LogP contribution in [0, 0.1) is 25.2 Å². The first-order valence-corrected chi connectivity index (χ1v) is 8.94. The number of nitriles is 1. The average Bonchev–Trinajstić information content (AvgIpc) is 3.22. The molecule has 148 valence electrons. The second-order valence-corrected chi connectivity index (χ2v) is 6.70. The summed E-state index contributed by atoms with van der Waals surface area (Å²) in [6.45, 7) is 6.20. The van der Waals surface area contributed by atoms with Crippen LogP contribution in [0.25, 0.3) is 16.6 Å².